The molecule has 0 bridgehead atoms. The first-order valence-electron chi connectivity index (χ1n) is 6.29. The van der Waals surface area contributed by atoms with E-state index in [1.165, 1.54) is 5.56 Å². The lowest BCUT2D eigenvalue weighted by Gasteiger charge is -2.30. The van der Waals surface area contributed by atoms with Gasteiger partial charge in [0.1, 0.15) is 0 Å². The normalized spacial score (nSPS) is 25.5. The summed E-state index contributed by atoms with van der Waals surface area (Å²) < 4.78 is 6.08. The highest BCUT2D eigenvalue weighted by Crippen LogP contribution is 2.28. The fourth-order valence-electron chi connectivity index (χ4n) is 2.28. The second-order valence-electron chi connectivity index (χ2n) is 4.60. The Labute approximate surface area is 104 Å². The van der Waals surface area contributed by atoms with Crippen molar-refractivity contribution in [3.63, 3.8) is 0 Å². The Morgan fingerprint density at radius 1 is 1.41 bits per heavy atom. The van der Waals surface area contributed by atoms with Crippen molar-refractivity contribution in [2.24, 2.45) is 0 Å². The van der Waals surface area contributed by atoms with E-state index in [1.54, 1.807) is 0 Å². The van der Waals surface area contributed by atoms with Gasteiger partial charge in [-0.3, -0.25) is 0 Å². The average molecular weight is 228 g/mol. The number of ether oxygens (including phenoxy) is 1. The minimum Gasteiger partial charge on any atom is -0.370 e. The predicted octanol–water partition coefficient (Wildman–Crippen LogP) is 4.08. The third kappa shape index (κ3) is 3.07. The van der Waals surface area contributed by atoms with Crippen LogP contribution in [0, 0.1) is 0 Å². The van der Waals surface area contributed by atoms with Crippen molar-refractivity contribution in [3.8, 4) is 0 Å². The van der Waals surface area contributed by atoms with E-state index < -0.39 is 0 Å². The summed E-state index contributed by atoms with van der Waals surface area (Å²) in [4.78, 5) is 0. The van der Waals surface area contributed by atoms with E-state index in [-0.39, 0.29) is 12.2 Å². The number of rotatable bonds is 4. The van der Waals surface area contributed by atoms with E-state index >= 15 is 0 Å². The first kappa shape index (κ1) is 12.1. The van der Waals surface area contributed by atoms with Crippen molar-refractivity contribution in [1.29, 1.82) is 0 Å². The van der Waals surface area contributed by atoms with Crippen LogP contribution >= 0.6 is 0 Å². The minimum absolute atomic E-state index is 0.206. The van der Waals surface area contributed by atoms with E-state index in [0.717, 1.165) is 12.8 Å². The van der Waals surface area contributed by atoms with Crippen LogP contribution in [-0.2, 0) is 4.74 Å². The van der Waals surface area contributed by atoms with Gasteiger partial charge in [-0.1, -0.05) is 55.5 Å². The van der Waals surface area contributed by atoms with Crippen LogP contribution in [0.1, 0.15) is 31.2 Å². The van der Waals surface area contributed by atoms with E-state index in [4.69, 9.17) is 4.74 Å². The van der Waals surface area contributed by atoms with E-state index in [2.05, 4.69) is 56.0 Å². The van der Waals surface area contributed by atoms with Crippen molar-refractivity contribution in [2.75, 3.05) is 0 Å². The van der Waals surface area contributed by atoms with Gasteiger partial charge in [-0.2, -0.15) is 0 Å². The molecule has 17 heavy (non-hydrogen) atoms. The molecule has 1 heterocycles. The van der Waals surface area contributed by atoms with Gasteiger partial charge in [0.05, 0.1) is 12.2 Å². The third-order valence-electron chi connectivity index (χ3n) is 3.35. The van der Waals surface area contributed by atoms with Crippen LogP contribution in [-0.4, -0.2) is 12.2 Å². The molecule has 90 valence electrons. The molecule has 2 rings (SSSR count). The lowest BCUT2D eigenvalue weighted by Crippen LogP contribution is -2.28. The molecule has 1 aliphatic heterocycles. The topological polar surface area (TPSA) is 9.23 Å². The Hall–Kier alpha value is -1.34. The second kappa shape index (κ2) is 5.83. The Balaban J connectivity index is 2.03. The van der Waals surface area contributed by atoms with Crippen molar-refractivity contribution in [3.05, 3.63) is 60.7 Å². The summed E-state index contributed by atoms with van der Waals surface area (Å²) in [5, 5.41) is 0. The molecule has 0 fully saturated rings. The molecule has 3 atom stereocenters. The Morgan fingerprint density at radius 2 is 2.18 bits per heavy atom. The molecule has 0 saturated carbocycles. The highest BCUT2D eigenvalue weighted by Gasteiger charge is 2.23. The molecule has 1 aromatic rings. The summed E-state index contributed by atoms with van der Waals surface area (Å²) in [7, 11) is 0. The van der Waals surface area contributed by atoms with Gasteiger partial charge in [0, 0.05) is 5.92 Å². The molecular formula is C16H20O. The van der Waals surface area contributed by atoms with Crippen molar-refractivity contribution >= 4 is 0 Å². The zero-order chi connectivity index (χ0) is 12.1. The Kier molecular flexibility index (Phi) is 4.16. The van der Waals surface area contributed by atoms with Crippen molar-refractivity contribution in [2.45, 2.75) is 37.9 Å². The van der Waals surface area contributed by atoms with Crippen LogP contribution < -0.4 is 0 Å². The lowest BCUT2D eigenvalue weighted by molar-refractivity contribution is -0.00476. The molecule has 0 aliphatic carbocycles. The summed E-state index contributed by atoms with van der Waals surface area (Å²) >= 11 is 0. The molecule has 1 heteroatoms. The van der Waals surface area contributed by atoms with Crippen LogP contribution in [0.25, 0.3) is 0 Å². The first-order chi connectivity index (χ1) is 8.31. The maximum atomic E-state index is 6.08. The monoisotopic (exact) mass is 228 g/mol. The summed E-state index contributed by atoms with van der Waals surface area (Å²) in [5.74, 6) is 0.438. The van der Waals surface area contributed by atoms with Crippen LogP contribution in [0.2, 0.25) is 0 Å². The predicted molar refractivity (Wildman–Crippen MR) is 72.1 cm³/mol. The summed E-state index contributed by atoms with van der Waals surface area (Å²) in [6.07, 6.45) is 8.70. The molecule has 0 aromatic heterocycles. The molecule has 0 saturated heterocycles. The highest BCUT2D eigenvalue weighted by atomic mass is 16.5. The second-order valence-corrected chi connectivity index (χ2v) is 4.60. The van der Waals surface area contributed by atoms with Crippen LogP contribution in [0.4, 0.5) is 0 Å². The van der Waals surface area contributed by atoms with Gasteiger partial charge >= 0.3 is 0 Å². The maximum Gasteiger partial charge on any atom is 0.0794 e. The van der Waals surface area contributed by atoms with Gasteiger partial charge < -0.3 is 4.74 Å². The largest absolute Gasteiger partial charge is 0.370 e. The van der Waals surface area contributed by atoms with Gasteiger partial charge in [0.2, 0.25) is 0 Å². The first-order valence-corrected chi connectivity index (χ1v) is 6.29. The fourth-order valence-corrected chi connectivity index (χ4v) is 2.28. The van der Waals surface area contributed by atoms with Gasteiger partial charge in [-0.15, -0.1) is 6.58 Å². The van der Waals surface area contributed by atoms with Crippen LogP contribution in [0.3, 0.4) is 0 Å². The highest BCUT2D eigenvalue weighted by molar-refractivity contribution is 5.21. The average Bonchev–Trinajstić information content (AvgIpc) is 2.40. The van der Waals surface area contributed by atoms with Gasteiger partial charge in [-0.25, -0.2) is 0 Å². The van der Waals surface area contributed by atoms with Crippen LogP contribution in [0.15, 0.2) is 55.1 Å². The van der Waals surface area contributed by atoms with E-state index in [9.17, 15) is 0 Å². The standard InChI is InChI=1S/C16H20O/c1-3-8-15-11-7-12-16(17-15)13(2)14-9-5-4-6-10-14/h3-7,9-11,13,15-16H,1,8,12H2,2H3/t13?,15-,16+/m0/s1. The summed E-state index contributed by atoms with van der Waals surface area (Å²) in [5.41, 5.74) is 1.35. The number of hydrogen-bond acceptors (Lipinski definition) is 1. The fraction of sp³-hybridized carbons (Fsp3) is 0.375. The minimum atomic E-state index is 0.206. The smallest absolute Gasteiger partial charge is 0.0794 e. The SMILES string of the molecule is C=CC[C@H]1C=CC[C@H](C(C)c2ccccc2)O1. The zero-order valence-electron chi connectivity index (χ0n) is 10.4. The maximum absolute atomic E-state index is 6.08. The molecule has 1 aromatic carbocycles. The zero-order valence-corrected chi connectivity index (χ0v) is 10.4. The van der Waals surface area contributed by atoms with E-state index in [0.29, 0.717) is 5.92 Å². The molecule has 0 spiro atoms. The van der Waals surface area contributed by atoms with Gasteiger partial charge in [-0.05, 0) is 18.4 Å². The Morgan fingerprint density at radius 3 is 2.88 bits per heavy atom. The molecule has 1 unspecified atom stereocenters. The summed E-state index contributed by atoms with van der Waals surface area (Å²) in [6.45, 7) is 6.01. The van der Waals surface area contributed by atoms with Crippen molar-refractivity contribution in [1.82, 2.24) is 0 Å². The Bertz CT molecular complexity index is 380. The molecule has 0 radical (unpaired) electrons. The molecule has 0 amide bonds. The van der Waals surface area contributed by atoms with Crippen LogP contribution in [0.5, 0.6) is 0 Å². The summed E-state index contributed by atoms with van der Waals surface area (Å²) in [6, 6.07) is 10.6. The van der Waals surface area contributed by atoms with E-state index in [1.807, 2.05) is 6.08 Å². The number of hydrogen-bond donors (Lipinski definition) is 0. The van der Waals surface area contributed by atoms with Gasteiger partial charge in [0.15, 0.2) is 0 Å². The quantitative estimate of drug-likeness (QED) is 0.706. The molecular weight excluding hydrogens is 208 g/mol. The third-order valence-corrected chi connectivity index (χ3v) is 3.35. The molecule has 1 aliphatic rings. The molecule has 1 nitrogen and oxygen atoms in total. The van der Waals surface area contributed by atoms with Crippen molar-refractivity contribution < 1.29 is 4.74 Å². The number of benzene rings is 1. The van der Waals surface area contributed by atoms with Gasteiger partial charge in [0.25, 0.3) is 0 Å². The lowest BCUT2D eigenvalue weighted by atomic mass is 9.91. The molecule has 0 N–H and O–H groups in total.